The molecule has 1 saturated carbocycles. The van der Waals surface area contributed by atoms with E-state index in [9.17, 15) is 13.2 Å². The molecule has 124 valence electrons. The number of ether oxygens (including phenoxy) is 2. The summed E-state index contributed by atoms with van der Waals surface area (Å²) in [6.07, 6.45) is 1.04. The van der Waals surface area contributed by atoms with Gasteiger partial charge in [0.25, 0.3) is 0 Å². The predicted octanol–water partition coefficient (Wildman–Crippen LogP) is 3.14. The molecule has 2 aliphatic rings. The van der Waals surface area contributed by atoms with Crippen LogP contribution in [0.3, 0.4) is 0 Å². The number of nitrogens with one attached hydrogen (secondary N) is 1. The molecule has 0 bridgehead atoms. The van der Waals surface area contributed by atoms with Crippen molar-refractivity contribution in [3.63, 3.8) is 0 Å². The lowest BCUT2D eigenvalue weighted by Gasteiger charge is -2.35. The van der Waals surface area contributed by atoms with Crippen molar-refractivity contribution in [3.8, 4) is 0 Å². The zero-order valence-electron chi connectivity index (χ0n) is 12.7. The van der Waals surface area contributed by atoms with Gasteiger partial charge >= 0.3 is 6.18 Å². The molecule has 0 radical (unpaired) electrons. The van der Waals surface area contributed by atoms with Gasteiger partial charge in [-0.3, -0.25) is 0 Å². The van der Waals surface area contributed by atoms with E-state index in [-0.39, 0.29) is 18.1 Å². The van der Waals surface area contributed by atoms with E-state index < -0.39 is 12.8 Å². The van der Waals surface area contributed by atoms with E-state index in [1.165, 1.54) is 12.8 Å². The number of alkyl halides is 3. The minimum absolute atomic E-state index is 0.0821. The number of halogens is 3. The van der Waals surface area contributed by atoms with Gasteiger partial charge in [0.15, 0.2) is 0 Å². The van der Waals surface area contributed by atoms with Gasteiger partial charge in [0.2, 0.25) is 0 Å². The van der Waals surface area contributed by atoms with E-state index in [4.69, 9.17) is 9.47 Å². The lowest BCUT2D eigenvalue weighted by Crippen LogP contribution is -2.42. The van der Waals surface area contributed by atoms with Crippen LogP contribution in [0, 0.1) is 11.3 Å². The Morgan fingerprint density at radius 3 is 2.71 bits per heavy atom. The summed E-state index contributed by atoms with van der Waals surface area (Å²) >= 11 is 0. The highest BCUT2D eigenvalue weighted by Crippen LogP contribution is 2.49. The summed E-state index contributed by atoms with van der Waals surface area (Å²) in [6, 6.07) is 0. The van der Waals surface area contributed by atoms with E-state index in [1.54, 1.807) is 0 Å². The lowest BCUT2D eigenvalue weighted by molar-refractivity contribution is -0.174. The minimum Gasteiger partial charge on any atom is -0.377 e. The van der Waals surface area contributed by atoms with Crippen molar-refractivity contribution in [2.75, 3.05) is 32.9 Å². The summed E-state index contributed by atoms with van der Waals surface area (Å²) in [5.74, 6) is 0.655. The molecule has 3 nitrogen and oxygen atoms in total. The maximum Gasteiger partial charge on any atom is 0.411 e. The zero-order valence-corrected chi connectivity index (χ0v) is 12.7. The standard InChI is InChI=1S/C15H26F3NO2/c1-2-19-10-14(6-3-8-20-11-15(16,17)18)7-9-21-13(14)12-4-5-12/h12-13,19H,2-11H2,1H3. The highest BCUT2D eigenvalue weighted by atomic mass is 19.4. The second-order valence-electron chi connectivity index (χ2n) is 6.29. The Bertz CT molecular complexity index is 321. The molecule has 6 heteroatoms. The average molecular weight is 309 g/mol. The second-order valence-corrected chi connectivity index (χ2v) is 6.29. The SMILES string of the molecule is CCNCC1(CCCOCC(F)(F)F)CCOC1C1CC1. The summed E-state index contributed by atoms with van der Waals surface area (Å²) in [5.41, 5.74) is 0.0821. The van der Waals surface area contributed by atoms with Crippen molar-refractivity contribution in [3.05, 3.63) is 0 Å². The fourth-order valence-corrected chi connectivity index (χ4v) is 3.38. The molecule has 1 saturated heterocycles. The first-order valence-corrected chi connectivity index (χ1v) is 7.94. The van der Waals surface area contributed by atoms with E-state index in [0.717, 1.165) is 32.5 Å². The van der Waals surface area contributed by atoms with E-state index in [0.29, 0.717) is 12.3 Å². The van der Waals surface area contributed by atoms with Gasteiger partial charge in [-0.2, -0.15) is 13.2 Å². The summed E-state index contributed by atoms with van der Waals surface area (Å²) in [5, 5.41) is 3.41. The molecule has 1 heterocycles. The first kappa shape index (κ1) is 17.0. The fraction of sp³-hybridized carbons (Fsp3) is 1.00. The molecule has 21 heavy (non-hydrogen) atoms. The third-order valence-corrected chi connectivity index (χ3v) is 4.51. The number of hydrogen-bond donors (Lipinski definition) is 1. The number of rotatable bonds is 9. The largest absolute Gasteiger partial charge is 0.411 e. The summed E-state index contributed by atoms with van der Waals surface area (Å²) in [7, 11) is 0. The third kappa shape index (κ3) is 5.11. The molecule has 2 unspecified atom stereocenters. The first-order chi connectivity index (χ1) is 9.97. The Hall–Kier alpha value is -0.330. The summed E-state index contributed by atoms with van der Waals surface area (Å²) in [6.45, 7) is 3.67. The van der Waals surface area contributed by atoms with Crippen molar-refractivity contribution < 1.29 is 22.6 Å². The van der Waals surface area contributed by atoms with Gasteiger partial charge in [-0.15, -0.1) is 0 Å². The van der Waals surface area contributed by atoms with Crippen molar-refractivity contribution in [1.82, 2.24) is 5.32 Å². The first-order valence-electron chi connectivity index (χ1n) is 7.94. The highest BCUT2D eigenvalue weighted by molar-refractivity contribution is 5.00. The predicted molar refractivity (Wildman–Crippen MR) is 74.2 cm³/mol. The molecule has 2 rings (SSSR count). The highest BCUT2D eigenvalue weighted by Gasteiger charge is 2.50. The molecule has 1 N–H and O–H groups in total. The second kappa shape index (κ2) is 7.29. The molecule has 1 aliphatic heterocycles. The maximum atomic E-state index is 12.0. The van der Waals surface area contributed by atoms with Crippen LogP contribution in [0.15, 0.2) is 0 Å². The monoisotopic (exact) mass is 309 g/mol. The third-order valence-electron chi connectivity index (χ3n) is 4.51. The van der Waals surface area contributed by atoms with E-state index in [1.807, 2.05) is 0 Å². The quantitative estimate of drug-likeness (QED) is 0.664. The maximum absolute atomic E-state index is 12.0. The normalized spacial score (nSPS) is 30.0. The van der Waals surface area contributed by atoms with Gasteiger partial charge in [-0.25, -0.2) is 0 Å². The molecule has 0 spiro atoms. The molecule has 0 aromatic heterocycles. The van der Waals surface area contributed by atoms with Crippen LogP contribution in [0.25, 0.3) is 0 Å². The Labute approximate surface area is 124 Å². The van der Waals surface area contributed by atoms with Crippen LogP contribution in [0.2, 0.25) is 0 Å². The molecule has 0 aromatic carbocycles. The Morgan fingerprint density at radius 2 is 2.10 bits per heavy atom. The van der Waals surface area contributed by atoms with Crippen LogP contribution >= 0.6 is 0 Å². The van der Waals surface area contributed by atoms with Crippen LogP contribution < -0.4 is 5.32 Å². The topological polar surface area (TPSA) is 30.5 Å². The van der Waals surface area contributed by atoms with Crippen molar-refractivity contribution >= 4 is 0 Å². The van der Waals surface area contributed by atoms with E-state index in [2.05, 4.69) is 12.2 Å². The van der Waals surface area contributed by atoms with Gasteiger partial charge in [0.1, 0.15) is 6.61 Å². The van der Waals surface area contributed by atoms with Crippen molar-refractivity contribution in [2.24, 2.45) is 11.3 Å². The van der Waals surface area contributed by atoms with Crippen LogP contribution in [-0.2, 0) is 9.47 Å². The van der Waals surface area contributed by atoms with Gasteiger partial charge < -0.3 is 14.8 Å². The van der Waals surface area contributed by atoms with Crippen LogP contribution in [0.4, 0.5) is 13.2 Å². The minimum atomic E-state index is -4.23. The molecule has 0 amide bonds. The fourth-order valence-electron chi connectivity index (χ4n) is 3.38. The Balaban J connectivity index is 1.79. The molecule has 2 fully saturated rings. The zero-order chi connectivity index (χ0) is 15.3. The smallest absolute Gasteiger partial charge is 0.377 e. The Morgan fingerprint density at radius 1 is 1.33 bits per heavy atom. The van der Waals surface area contributed by atoms with Crippen molar-refractivity contribution in [2.45, 2.75) is 51.3 Å². The molecule has 0 aromatic rings. The van der Waals surface area contributed by atoms with Gasteiger partial charge in [-0.05, 0) is 44.6 Å². The van der Waals surface area contributed by atoms with Crippen molar-refractivity contribution in [1.29, 1.82) is 0 Å². The number of hydrogen-bond acceptors (Lipinski definition) is 3. The van der Waals surface area contributed by atoms with Crippen LogP contribution in [0.1, 0.15) is 39.0 Å². The molecular formula is C15H26F3NO2. The van der Waals surface area contributed by atoms with Crippen LogP contribution in [0.5, 0.6) is 0 Å². The average Bonchev–Trinajstić information content (AvgIpc) is 3.17. The molecule has 2 atom stereocenters. The van der Waals surface area contributed by atoms with Gasteiger partial charge in [-0.1, -0.05) is 6.92 Å². The summed E-state index contributed by atoms with van der Waals surface area (Å²) in [4.78, 5) is 0. The summed E-state index contributed by atoms with van der Waals surface area (Å²) < 4.78 is 46.8. The van der Waals surface area contributed by atoms with E-state index >= 15 is 0 Å². The van der Waals surface area contributed by atoms with Crippen LogP contribution in [-0.4, -0.2) is 45.2 Å². The Kier molecular flexibility index (Phi) is 5.91. The van der Waals surface area contributed by atoms with Gasteiger partial charge in [0.05, 0.1) is 6.10 Å². The lowest BCUT2D eigenvalue weighted by atomic mass is 9.75. The molecular weight excluding hydrogens is 283 g/mol. The molecule has 1 aliphatic carbocycles. The van der Waals surface area contributed by atoms with Gasteiger partial charge in [0, 0.05) is 25.2 Å².